The van der Waals surface area contributed by atoms with Gasteiger partial charge in [0.2, 0.25) is 15.9 Å². The molecule has 4 rings (SSSR count). The number of piperidine rings is 1. The first-order valence-corrected chi connectivity index (χ1v) is 13.0. The van der Waals surface area contributed by atoms with Gasteiger partial charge in [-0.2, -0.15) is 0 Å². The fourth-order valence-electron chi connectivity index (χ4n) is 4.25. The van der Waals surface area contributed by atoms with Gasteiger partial charge in [-0.25, -0.2) is 13.1 Å². The van der Waals surface area contributed by atoms with Gasteiger partial charge in [-0.3, -0.25) is 9.59 Å². The zero-order chi connectivity index (χ0) is 23.6. The average Bonchev–Trinajstić information content (AvgIpc) is 3.55. The van der Waals surface area contributed by atoms with Gasteiger partial charge in [-0.15, -0.1) is 0 Å². The Balaban J connectivity index is 1.31. The van der Waals surface area contributed by atoms with Crippen molar-refractivity contribution in [2.24, 2.45) is 17.8 Å². The molecule has 8 heteroatoms. The van der Waals surface area contributed by atoms with Crippen LogP contribution >= 0.6 is 0 Å². The minimum atomic E-state index is -3.57. The van der Waals surface area contributed by atoms with Gasteiger partial charge in [0.25, 0.3) is 5.91 Å². The second-order valence-corrected chi connectivity index (χ2v) is 11.1. The average molecular weight is 470 g/mol. The molecule has 1 saturated carbocycles. The number of hydrogen-bond donors (Lipinski definition) is 2. The van der Waals surface area contributed by atoms with E-state index in [0.29, 0.717) is 36.8 Å². The molecule has 0 aromatic heterocycles. The zero-order valence-electron chi connectivity index (χ0n) is 19.1. The van der Waals surface area contributed by atoms with Crippen LogP contribution in [0.2, 0.25) is 0 Å². The van der Waals surface area contributed by atoms with Crippen molar-refractivity contribution in [1.82, 2.24) is 9.62 Å². The lowest BCUT2D eigenvalue weighted by Crippen LogP contribution is -2.43. The molecule has 3 unspecified atom stereocenters. The Morgan fingerprint density at radius 1 is 1.06 bits per heavy atom. The van der Waals surface area contributed by atoms with E-state index in [1.165, 1.54) is 0 Å². The number of sulfonamides is 1. The number of hydrogen-bond acceptors (Lipinski definition) is 4. The van der Waals surface area contributed by atoms with Crippen molar-refractivity contribution in [3.05, 3.63) is 59.7 Å². The molecule has 1 heterocycles. The van der Waals surface area contributed by atoms with Gasteiger partial charge in [0.1, 0.15) is 0 Å². The summed E-state index contributed by atoms with van der Waals surface area (Å²) >= 11 is 0. The van der Waals surface area contributed by atoms with Crippen molar-refractivity contribution < 1.29 is 18.0 Å². The zero-order valence-corrected chi connectivity index (χ0v) is 19.9. The van der Waals surface area contributed by atoms with Crippen molar-refractivity contribution in [1.29, 1.82) is 0 Å². The van der Waals surface area contributed by atoms with Gasteiger partial charge in [0, 0.05) is 36.8 Å². The van der Waals surface area contributed by atoms with E-state index in [4.69, 9.17) is 0 Å². The van der Waals surface area contributed by atoms with Crippen LogP contribution in [-0.2, 0) is 14.8 Å². The molecule has 2 aromatic carbocycles. The van der Waals surface area contributed by atoms with Crippen LogP contribution in [0.5, 0.6) is 0 Å². The number of likely N-dealkylation sites (tertiary alicyclic amines) is 1. The molecule has 7 nitrogen and oxygen atoms in total. The second kappa shape index (κ2) is 9.65. The first-order chi connectivity index (χ1) is 15.7. The summed E-state index contributed by atoms with van der Waals surface area (Å²) in [5.74, 6) is 0.560. The number of carbonyl (C=O) groups is 2. The summed E-state index contributed by atoms with van der Waals surface area (Å²) in [5.41, 5.74) is 2.26. The standard InChI is InChI=1S/C25H31N3O4S/c1-17-5-11-22(12-6-17)33(31,32)26-15-19-4-3-13-28(16-19)25(30)20-7-9-21(10-8-20)27-24(29)23-14-18(23)2/h5-12,18-19,23,26H,3-4,13-16H2,1-2H3,(H,27,29). The molecular weight excluding hydrogens is 438 g/mol. The number of nitrogens with one attached hydrogen (secondary N) is 2. The maximum atomic E-state index is 13.0. The maximum absolute atomic E-state index is 13.0. The van der Waals surface area contributed by atoms with Crippen molar-refractivity contribution in [3.8, 4) is 0 Å². The molecule has 0 spiro atoms. The first kappa shape index (κ1) is 23.4. The van der Waals surface area contributed by atoms with Gasteiger partial charge < -0.3 is 10.2 Å². The van der Waals surface area contributed by atoms with Crippen LogP contribution in [0.4, 0.5) is 5.69 Å². The molecule has 1 aliphatic heterocycles. The van der Waals surface area contributed by atoms with Crippen molar-refractivity contribution in [3.63, 3.8) is 0 Å². The Morgan fingerprint density at radius 2 is 1.73 bits per heavy atom. The highest BCUT2D eigenvalue weighted by molar-refractivity contribution is 7.89. The molecule has 2 N–H and O–H groups in total. The first-order valence-electron chi connectivity index (χ1n) is 11.5. The van der Waals surface area contributed by atoms with E-state index in [9.17, 15) is 18.0 Å². The maximum Gasteiger partial charge on any atom is 0.253 e. The molecule has 176 valence electrons. The van der Waals surface area contributed by atoms with E-state index in [1.807, 2.05) is 6.92 Å². The van der Waals surface area contributed by atoms with Crippen molar-refractivity contribution in [2.75, 3.05) is 25.0 Å². The molecule has 1 saturated heterocycles. The lowest BCUT2D eigenvalue weighted by Gasteiger charge is -2.33. The normalized spacial score (nSPS) is 22.6. The summed E-state index contributed by atoms with van der Waals surface area (Å²) in [6.45, 7) is 5.43. The number of nitrogens with zero attached hydrogens (tertiary/aromatic N) is 1. The van der Waals surface area contributed by atoms with Gasteiger partial charge in [-0.05, 0) is 74.4 Å². The number of benzene rings is 2. The van der Waals surface area contributed by atoms with Crippen molar-refractivity contribution in [2.45, 2.75) is 38.0 Å². The highest BCUT2D eigenvalue weighted by atomic mass is 32.2. The number of amides is 2. The Hall–Kier alpha value is -2.71. The third kappa shape index (κ3) is 5.81. The third-order valence-electron chi connectivity index (χ3n) is 6.55. The van der Waals surface area contributed by atoms with Crippen LogP contribution in [0, 0.1) is 24.7 Å². The largest absolute Gasteiger partial charge is 0.338 e. The fraction of sp³-hybridized carbons (Fsp3) is 0.440. The van der Waals surface area contributed by atoms with E-state index in [1.54, 1.807) is 53.4 Å². The number of aryl methyl sites for hydroxylation is 1. The summed E-state index contributed by atoms with van der Waals surface area (Å²) in [6, 6.07) is 13.7. The Labute approximate surface area is 195 Å². The number of carbonyl (C=O) groups excluding carboxylic acids is 2. The summed E-state index contributed by atoms with van der Waals surface area (Å²) in [5, 5.41) is 2.91. The Morgan fingerprint density at radius 3 is 2.36 bits per heavy atom. The van der Waals surface area contributed by atoms with E-state index in [0.717, 1.165) is 24.8 Å². The Bertz CT molecular complexity index is 1110. The topological polar surface area (TPSA) is 95.6 Å². The predicted octanol–water partition coefficient (Wildman–Crippen LogP) is 3.42. The van der Waals surface area contributed by atoms with E-state index < -0.39 is 10.0 Å². The lowest BCUT2D eigenvalue weighted by atomic mass is 9.97. The van der Waals surface area contributed by atoms with Gasteiger partial charge in [0.15, 0.2) is 0 Å². The summed E-state index contributed by atoms with van der Waals surface area (Å²) in [6.07, 6.45) is 2.63. The van der Waals surface area contributed by atoms with Crippen molar-refractivity contribution >= 4 is 27.5 Å². The van der Waals surface area contributed by atoms with Crippen LogP contribution in [-0.4, -0.2) is 44.8 Å². The van der Waals surface area contributed by atoms with Crippen LogP contribution < -0.4 is 10.0 Å². The predicted molar refractivity (Wildman–Crippen MR) is 127 cm³/mol. The smallest absolute Gasteiger partial charge is 0.253 e. The van der Waals surface area contributed by atoms with E-state index in [-0.39, 0.29) is 28.5 Å². The van der Waals surface area contributed by atoms with E-state index >= 15 is 0 Å². The molecule has 3 atom stereocenters. The molecule has 2 amide bonds. The molecule has 2 fully saturated rings. The van der Waals surface area contributed by atoms with Crippen LogP contribution in [0.1, 0.15) is 42.1 Å². The van der Waals surface area contributed by atoms with Crippen LogP contribution in [0.25, 0.3) is 0 Å². The Kier molecular flexibility index (Phi) is 6.86. The monoisotopic (exact) mass is 469 g/mol. The second-order valence-electron chi connectivity index (χ2n) is 9.31. The molecule has 1 aliphatic carbocycles. The quantitative estimate of drug-likeness (QED) is 0.650. The molecule has 0 bridgehead atoms. The summed E-state index contributed by atoms with van der Waals surface area (Å²) < 4.78 is 27.8. The van der Waals surface area contributed by atoms with E-state index in [2.05, 4.69) is 17.0 Å². The van der Waals surface area contributed by atoms with Crippen LogP contribution in [0.3, 0.4) is 0 Å². The van der Waals surface area contributed by atoms with Crippen LogP contribution in [0.15, 0.2) is 53.4 Å². The lowest BCUT2D eigenvalue weighted by molar-refractivity contribution is -0.117. The third-order valence-corrected chi connectivity index (χ3v) is 7.98. The van der Waals surface area contributed by atoms with Gasteiger partial charge >= 0.3 is 0 Å². The van der Waals surface area contributed by atoms with Gasteiger partial charge in [-0.1, -0.05) is 24.6 Å². The summed E-state index contributed by atoms with van der Waals surface area (Å²) in [7, 11) is -3.57. The minimum Gasteiger partial charge on any atom is -0.338 e. The van der Waals surface area contributed by atoms with Gasteiger partial charge in [0.05, 0.1) is 4.90 Å². The minimum absolute atomic E-state index is 0.0357. The molecular formula is C25H31N3O4S. The molecule has 2 aliphatic rings. The SMILES string of the molecule is Cc1ccc(S(=O)(=O)NCC2CCCN(C(=O)c3ccc(NC(=O)C4CC4C)cc3)C2)cc1. The molecule has 33 heavy (non-hydrogen) atoms. The summed E-state index contributed by atoms with van der Waals surface area (Å²) in [4.78, 5) is 27.1. The number of anilines is 1. The highest BCUT2D eigenvalue weighted by Gasteiger charge is 2.39. The fourth-order valence-corrected chi connectivity index (χ4v) is 5.36. The molecule has 2 aromatic rings. The number of rotatable bonds is 7. The highest BCUT2D eigenvalue weighted by Crippen LogP contribution is 2.38. The molecule has 0 radical (unpaired) electrons.